The number of anilines is 2. The van der Waals surface area contributed by atoms with Gasteiger partial charge in [0.2, 0.25) is 5.91 Å². The molecule has 0 saturated carbocycles. The standard InChI is InChI=1S/C14H18ClN3O3/c15-10-4-3-9(8-11(10)18-13(19)5-6-16)17-14(20)12-2-1-7-21-12/h3-4,8,12H,1-2,5-7,16H2,(H,17,20)(H,18,19). The van der Waals surface area contributed by atoms with Crippen LogP contribution in [0.2, 0.25) is 5.02 Å². The predicted molar refractivity (Wildman–Crippen MR) is 81.4 cm³/mol. The van der Waals surface area contributed by atoms with Crippen LogP contribution in [0.25, 0.3) is 0 Å². The molecule has 0 spiro atoms. The fourth-order valence-electron chi connectivity index (χ4n) is 2.05. The van der Waals surface area contributed by atoms with Crippen LogP contribution in [-0.2, 0) is 14.3 Å². The summed E-state index contributed by atoms with van der Waals surface area (Å²) in [4.78, 5) is 23.5. The van der Waals surface area contributed by atoms with E-state index in [0.717, 1.165) is 12.8 Å². The number of nitrogens with two attached hydrogens (primary N) is 1. The zero-order chi connectivity index (χ0) is 15.2. The van der Waals surface area contributed by atoms with Crippen molar-refractivity contribution in [1.29, 1.82) is 0 Å². The molecule has 1 atom stereocenters. The summed E-state index contributed by atoms with van der Waals surface area (Å²) in [6.07, 6.45) is 1.41. The van der Waals surface area contributed by atoms with Crippen LogP contribution in [0.4, 0.5) is 11.4 Å². The molecule has 0 bridgehead atoms. The molecule has 1 aromatic rings. The first-order valence-corrected chi connectivity index (χ1v) is 7.20. The van der Waals surface area contributed by atoms with Gasteiger partial charge in [-0.2, -0.15) is 0 Å². The lowest BCUT2D eigenvalue weighted by Gasteiger charge is -2.13. The van der Waals surface area contributed by atoms with Crippen molar-refractivity contribution < 1.29 is 14.3 Å². The van der Waals surface area contributed by atoms with Crippen LogP contribution in [0, 0.1) is 0 Å². The van der Waals surface area contributed by atoms with Crippen molar-refractivity contribution in [3.05, 3.63) is 23.2 Å². The summed E-state index contributed by atoms with van der Waals surface area (Å²) in [5, 5.41) is 5.82. The Labute approximate surface area is 128 Å². The van der Waals surface area contributed by atoms with Crippen LogP contribution >= 0.6 is 11.6 Å². The van der Waals surface area contributed by atoms with Gasteiger partial charge in [0, 0.05) is 25.3 Å². The molecule has 1 fully saturated rings. The second-order valence-electron chi connectivity index (χ2n) is 4.77. The Morgan fingerprint density at radius 1 is 1.38 bits per heavy atom. The Kier molecular flexibility index (Phi) is 5.55. The number of nitrogens with one attached hydrogen (secondary N) is 2. The highest BCUT2D eigenvalue weighted by Gasteiger charge is 2.23. The minimum Gasteiger partial charge on any atom is -0.368 e. The van der Waals surface area contributed by atoms with Gasteiger partial charge in [-0.15, -0.1) is 0 Å². The molecule has 1 aliphatic heterocycles. The smallest absolute Gasteiger partial charge is 0.253 e. The van der Waals surface area contributed by atoms with E-state index < -0.39 is 6.10 Å². The average Bonchev–Trinajstić information content (AvgIpc) is 2.97. The molecule has 0 aliphatic carbocycles. The van der Waals surface area contributed by atoms with Crippen LogP contribution in [0.15, 0.2) is 18.2 Å². The van der Waals surface area contributed by atoms with E-state index in [9.17, 15) is 9.59 Å². The highest BCUT2D eigenvalue weighted by molar-refractivity contribution is 6.33. The Morgan fingerprint density at radius 3 is 2.86 bits per heavy atom. The number of carbonyl (C=O) groups is 2. The maximum Gasteiger partial charge on any atom is 0.253 e. The lowest BCUT2D eigenvalue weighted by molar-refractivity contribution is -0.124. The van der Waals surface area contributed by atoms with E-state index in [1.165, 1.54) is 0 Å². The summed E-state index contributed by atoms with van der Waals surface area (Å²) in [6.45, 7) is 0.873. The fraction of sp³-hybridized carbons (Fsp3) is 0.429. The zero-order valence-electron chi connectivity index (χ0n) is 11.5. The fourth-order valence-corrected chi connectivity index (χ4v) is 2.21. The van der Waals surface area contributed by atoms with E-state index in [4.69, 9.17) is 22.1 Å². The third-order valence-electron chi connectivity index (χ3n) is 3.10. The molecule has 2 amide bonds. The number of rotatable bonds is 5. The molecule has 0 radical (unpaired) electrons. The molecule has 0 aromatic heterocycles. The van der Waals surface area contributed by atoms with Crippen molar-refractivity contribution >= 4 is 34.8 Å². The van der Waals surface area contributed by atoms with E-state index in [2.05, 4.69) is 10.6 Å². The van der Waals surface area contributed by atoms with E-state index in [1.807, 2.05) is 0 Å². The molecule has 21 heavy (non-hydrogen) atoms. The van der Waals surface area contributed by atoms with Gasteiger partial charge in [-0.25, -0.2) is 0 Å². The quantitative estimate of drug-likeness (QED) is 0.772. The second-order valence-corrected chi connectivity index (χ2v) is 5.18. The first-order valence-electron chi connectivity index (χ1n) is 6.82. The molecule has 1 aliphatic rings. The van der Waals surface area contributed by atoms with Crippen LogP contribution < -0.4 is 16.4 Å². The van der Waals surface area contributed by atoms with Crippen molar-refractivity contribution in [3.8, 4) is 0 Å². The third-order valence-corrected chi connectivity index (χ3v) is 3.43. The lowest BCUT2D eigenvalue weighted by Crippen LogP contribution is -2.26. The van der Waals surface area contributed by atoms with Crippen LogP contribution in [0.1, 0.15) is 19.3 Å². The van der Waals surface area contributed by atoms with Gasteiger partial charge in [-0.3, -0.25) is 9.59 Å². The van der Waals surface area contributed by atoms with Crippen LogP contribution in [0.3, 0.4) is 0 Å². The average molecular weight is 312 g/mol. The largest absolute Gasteiger partial charge is 0.368 e. The molecule has 114 valence electrons. The molecule has 1 heterocycles. The van der Waals surface area contributed by atoms with E-state index in [-0.39, 0.29) is 24.8 Å². The summed E-state index contributed by atoms with van der Waals surface area (Å²) in [7, 11) is 0. The summed E-state index contributed by atoms with van der Waals surface area (Å²) in [5.74, 6) is -0.406. The predicted octanol–water partition coefficient (Wildman–Crippen LogP) is 1.74. The Hall–Kier alpha value is -1.63. The third kappa shape index (κ3) is 4.42. The number of ether oxygens (including phenoxy) is 1. The molecule has 2 rings (SSSR count). The first kappa shape index (κ1) is 15.8. The van der Waals surface area contributed by atoms with Gasteiger partial charge in [-0.1, -0.05) is 11.6 Å². The number of carbonyl (C=O) groups excluding carboxylic acids is 2. The molecule has 1 aromatic carbocycles. The van der Waals surface area contributed by atoms with Gasteiger partial charge in [-0.05, 0) is 31.0 Å². The normalized spacial score (nSPS) is 17.5. The molecule has 7 heteroatoms. The molecular weight excluding hydrogens is 294 g/mol. The molecule has 4 N–H and O–H groups in total. The zero-order valence-corrected chi connectivity index (χ0v) is 12.3. The van der Waals surface area contributed by atoms with Gasteiger partial charge in [0.1, 0.15) is 6.10 Å². The number of amides is 2. The molecule has 6 nitrogen and oxygen atoms in total. The van der Waals surface area contributed by atoms with Crippen molar-refractivity contribution in [3.63, 3.8) is 0 Å². The Morgan fingerprint density at radius 2 is 2.19 bits per heavy atom. The topological polar surface area (TPSA) is 93.5 Å². The monoisotopic (exact) mass is 311 g/mol. The van der Waals surface area contributed by atoms with Crippen molar-refractivity contribution in [2.24, 2.45) is 5.73 Å². The van der Waals surface area contributed by atoms with Crippen LogP contribution in [0.5, 0.6) is 0 Å². The Bertz CT molecular complexity index is 530. The van der Waals surface area contributed by atoms with Gasteiger partial charge >= 0.3 is 0 Å². The number of hydrogen-bond acceptors (Lipinski definition) is 4. The molecular formula is C14H18ClN3O3. The second kappa shape index (κ2) is 7.40. The van der Waals surface area contributed by atoms with Crippen molar-refractivity contribution in [2.75, 3.05) is 23.8 Å². The summed E-state index contributed by atoms with van der Waals surface area (Å²) in [5.41, 5.74) is 6.33. The minimum absolute atomic E-state index is 0.186. The summed E-state index contributed by atoms with van der Waals surface area (Å²) >= 11 is 6.02. The number of halogens is 1. The summed E-state index contributed by atoms with van der Waals surface area (Å²) < 4.78 is 5.32. The summed E-state index contributed by atoms with van der Waals surface area (Å²) in [6, 6.07) is 4.90. The van der Waals surface area contributed by atoms with Gasteiger partial charge in [0.15, 0.2) is 0 Å². The van der Waals surface area contributed by atoms with E-state index in [0.29, 0.717) is 23.0 Å². The lowest BCUT2D eigenvalue weighted by atomic mass is 10.2. The van der Waals surface area contributed by atoms with Gasteiger partial charge < -0.3 is 21.1 Å². The van der Waals surface area contributed by atoms with Crippen molar-refractivity contribution in [2.45, 2.75) is 25.4 Å². The van der Waals surface area contributed by atoms with Gasteiger partial charge in [0.05, 0.1) is 10.7 Å². The first-order chi connectivity index (χ1) is 10.1. The highest BCUT2D eigenvalue weighted by atomic mass is 35.5. The van der Waals surface area contributed by atoms with E-state index in [1.54, 1.807) is 18.2 Å². The molecule has 1 saturated heterocycles. The Balaban J connectivity index is 2.03. The highest BCUT2D eigenvalue weighted by Crippen LogP contribution is 2.26. The maximum atomic E-state index is 12.0. The minimum atomic E-state index is -0.407. The number of hydrogen-bond donors (Lipinski definition) is 3. The molecule has 1 unspecified atom stereocenters. The van der Waals surface area contributed by atoms with E-state index >= 15 is 0 Å². The van der Waals surface area contributed by atoms with Crippen LogP contribution in [-0.4, -0.2) is 31.1 Å². The van der Waals surface area contributed by atoms with Gasteiger partial charge in [0.25, 0.3) is 5.91 Å². The maximum absolute atomic E-state index is 12.0. The SMILES string of the molecule is NCCC(=O)Nc1cc(NC(=O)C2CCCO2)ccc1Cl. The number of benzene rings is 1. The van der Waals surface area contributed by atoms with Crippen molar-refractivity contribution in [1.82, 2.24) is 0 Å².